The van der Waals surface area contributed by atoms with E-state index in [2.05, 4.69) is 43.5 Å². The van der Waals surface area contributed by atoms with E-state index in [0.717, 1.165) is 25.3 Å². The van der Waals surface area contributed by atoms with Crippen molar-refractivity contribution in [3.63, 3.8) is 0 Å². The second-order valence-electron chi connectivity index (χ2n) is 5.32. The Balaban J connectivity index is 2.66. The number of hydrogen-bond donors (Lipinski definition) is 2. The van der Waals surface area contributed by atoms with Crippen molar-refractivity contribution in [1.82, 2.24) is 5.32 Å². The summed E-state index contributed by atoms with van der Waals surface area (Å²) in [6.45, 7) is 8.74. The van der Waals surface area contributed by atoms with Gasteiger partial charge in [0.1, 0.15) is 5.75 Å². The average Bonchev–Trinajstić information content (AvgIpc) is 2.42. The molecule has 0 radical (unpaired) electrons. The summed E-state index contributed by atoms with van der Waals surface area (Å²) in [6, 6.07) is 6.33. The predicted molar refractivity (Wildman–Crippen MR) is 83.1 cm³/mol. The molecule has 0 amide bonds. The molecule has 1 aromatic rings. The summed E-state index contributed by atoms with van der Waals surface area (Å²) in [4.78, 5) is 0. The second-order valence-corrected chi connectivity index (χ2v) is 5.32. The lowest BCUT2D eigenvalue weighted by molar-refractivity contribution is 0.390. The van der Waals surface area contributed by atoms with Crippen molar-refractivity contribution in [1.29, 1.82) is 0 Å². The van der Waals surface area contributed by atoms with Crippen LogP contribution in [0.15, 0.2) is 18.2 Å². The SMILES string of the molecule is CCc1cc(NCC(CNC)C(C)C)ccc1OC. The van der Waals surface area contributed by atoms with E-state index in [1.54, 1.807) is 7.11 Å². The first-order valence-electron chi connectivity index (χ1n) is 7.17. The van der Waals surface area contributed by atoms with Crippen LogP contribution in [0.3, 0.4) is 0 Å². The molecule has 0 aromatic heterocycles. The van der Waals surface area contributed by atoms with Gasteiger partial charge in [0.2, 0.25) is 0 Å². The molecule has 0 saturated heterocycles. The zero-order valence-electron chi connectivity index (χ0n) is 12.9. The van der Waals surface area contributed by atoms with Gasteiger partial charge in [0.05, 0.1) is 7.11 Å². The quantitative estimate of drug-likeness (QED) is 0.756. The molecule has 1 rings (SSSR count). The largest absolute Gasteiger partial charge is 0.496 e. The molecular weight excluding hydrogens is 236 g/mol. The third kappa shape index (κ3) is 4.75. The Morgan fingerprint density at radius 3 is 2.47 bits per heavy atom. The number of methoxy groups -OCH3 is 1. The molecule has 0 spiro atoms. The monoisotopic (exact) mass is 264 g/mol. The Morgan fingerprint density at radius 2 is 1.95 bits per heavy atom. The number of ether oxygens (including phenoxy) is 1. The van der Waals surface area contributed by atoms with Crippen LogP contribution in [-0.4, -0.2) is 27.2 Å². The fraction of sp³-hybridized carbons (Fsp3) is 0.625. The van der Waals surface area contributed by atoms with Crippen molar-refractivity contribution in [2.75, 3.05) is 32.6 Å². The first kappa shape index (κ1) is 15.8. The number of benzene rings is 1. The van der Waals surface area contributed by atoms with Crippen LogP contribution in [0.1, 0.15) is 26.3 Å². The molecule has 0 bridgehead atoms. The van der Waals surface area contributed by atoms with E-state index in [1.807, 2.05) is 13.1 Å². The van der Waals surface area contributed by atoms with Gasteiger partial charge in [-0.05, 0) is 55.6 Å². The molecule has 1 atom stereocenters. The number of nitrogens with one attached hydrogen (secondary N) is 2. The Labute approximate surface area is 117 Å². The fourth-order valence-electron chi connectivity index (χ4n) is 2.22. The van der Waals surface area contributed by atoms with Gasteiger partial charge < -0.3 is 15.4 Å². The minimum Gasteiger partial charge on any atom is -0.496 e. The second kappa shape index (κ2) is 8.05. The van der Waals surface area contributed by atoms with Gasteiger partial charge in [0.15, 0.2) is 0 Å². The van der Waals surface area contributed by atoms with Gasteiger partial charge in [-0.2, -0.15) is 0 Å². The lowest BCUT2D eigenvalue weighted by Crippen LogP contribution is -2.29. The van der Waals surface area contributed by atoms with Crippen LogP contribution in [0.25, 0.3) is 0 Å². The minimum atomic E-state index is 0.636. The van der Waals surface area contributed by atoms with Crippen molar-refractivity contribution in [2.45, 2.75) is 27.2 Å². The molecule has 0 fully saturated rings. The summed E-state index contributed by atoms with van der Waals surface area (Å²) < 4.78 is 5.36. The third-order valence-electron chi connectivity index (χ3n) is 3.64. The third-order valence-corrected chi connectivity index (χ3v) is 3.64. The molecular formula is C16H28N2O. The standard InChI is InChI=1S/C16H28N2O/c1-6-13-9-15(7-8-16(13)19-5)18-11-14(10-17-4)12(2)3/h7-9,12,14,17-18H,6,10-11H2,1-5H3. The minimum absolute atomic E-state index is 0.636. The summed E-state index contributed by atoms with van der Waals surface area (Å²) in [7, 11) is 3.74. The molecule has 3 nitrogen and oxygen atoms in total. The lowest BCUT2D eigenvalue weighted by atomic mass is 9.95. The van der Waals surface area contributed by atoms with Crippen molar-refractivity contribution >= 4 is 5.69 Å². The Hall–Kier alpha value is -1.22. The zero-order valence-corrected chi connectivity index (χ0v) is 12.9. The first-order chi connectivity index (χ1) is 9.12. The van der Waals surface area contributed by atoms with Crippen molar-refractivity contribution in [3.05, 3.63) is 23.8 Å². The zero-order chi connectivity index (χ0) is 14.3. The number of anilines is 1. The summed E-state index contributed by atoms with van der Waals surface area (Å²) in [5.74, 6) is 2.28. The summed E-state index contributed by atoms with van der Waals surface area (Å²) in [6.07, 6.45) is 0.989. The maximum atomic E-state index is 5.36. The Kier molecular flexibility index (Phi) is 6.71. The van der Waals surface area contributed by atoms with Crippen molar-refractivity contribution in [3.8, 4) is 5.75 Å². The first-order valence-corrected chi connectivity index (χ1v) is 7.17. The highest BCUT2D eigenvalue weighted by Gasteiger charge is 2.12. The van der Waals surface area contributed by atoms with Gasteiger partial charge in [-0.3, -0.25) is 0 Å². The normalized spacial score (nSPS) is 12.5. The smallest absolute Gasteiger partial charge is 0.122 e. The topological polar surface area (TPSA) is 33.3 Å². The molecule has 0 aliphatic heterocycles. The highest BCUT2D eigenvalue weighted by Crippen LogP contribution is 2.23. The number of rotatable bonds is 8. The van der Waals surface area contributed by atoms with Crippen LogP contribution in [-0.2, 0) is 6.42 Å². The van der Waals surface area contributed by atoms with E-state index in [4.69, 9.17) is 4.74 Å². The van der Waals surface area contributed by atoms with E-state index in [-0.39, 0.29) is 0 Å². The Bertz CT molecular complexity index is 377. The van der Waals surface area contributed by atoms with E-state index in [1.165, 1.54) is 11.3 Å². The summed E-state index contributed by atoms with van der Waals surface area (Å²) >= 11 is 0. The van der Waals surface area contributed by atoms with E-state index < -0.39 is 0 Å². The van der Waals surface area contributed by atoms with Crippen LogP contribution in [0, 0.1) is 11.8 Å². The number of hydrogen-bond acceptors (Lipinski definition) is 3. The molecule has 19 heavy (non-hydrogen) atoms. The van der Waals surface area contributed by atoms with Crippen LogP contribution in [0.5, 0.6) is 5.75 Å². The van der Waals surface area contributed by atoms with Crippen LogP contribution < -0.4 is 15.4 Å². The highest BCUT2D eigenvalue weighted by molar-refractivity contribution is 5.51. The summed E-state index contributed by atoms with van der Waals surface area (Å²) in [5, 5.41) is 6.81. The number of aryl methyl sites for hydroxylation is 1. The highest BCUT2D eigenvalue weighted by atomic mass is 16.5. The van der Waals surface area contributed by atoms with Crippen LogP contribution >= 0.6 is 0 Å². The van der Waals surface area contributed by atoms with Gasteiger partial charge in [0, 0.05) is 12.2 Å². The van der Waals surface area contributed by atoms with Crippen molar-refractivity contribution < 1.29 is 4.74 Å². The average molecular weight is 264 g/mol. The van der Waals surface area contributed by atoms with Gasteiger partial charge in [-0.15, -0.1) is 0 Å². The molecule has 0 saturated carbocycles. The summed E-state index contributed by atoms with van der Waals surface area (Å²) in [5.41, 5.74) is 2.43. The van der Waals surface area contributed by atoms with E-state index in [9.17, 15) is 0 Å². The van der Waals surface area contributed by atoms with Gasteiger partial charge in [-0.1, -0.05) is 20.8 Å². The van der Waals surface area contributed by atoms with Gasteiger partial charge >= 0.3 is 0 Å². The predicted octanol–water partition coefficient (Wildman–Crippen LogP) is 3.16. The molecule has 0 heterocycles. The molecule has 0 aliphatic rings. The maximum absolute atomic E-state index is 5.36. The lowest BCUT2D eigenvalue weighted by Gasteiger charge is -2.22. The molecule has 108 valence electrons. The molecule has 1 unspecified atom stereocenters. The van der Waals surface area contributed by atoms with E-state index in [0.29, 0.717) is 11.8 Å². The van der Waals surface area contributed by atoms with Gasteiger partial charge in [-0.25, -0.2) is 0 Å². The molecule has 1 aromatic carbocycles. The molecule has 0 aliphatic carbocycles. The molecule has 2 N–H and O–H groups in total. The van der Waals surface area contributed by atoms with Crippen LogP contribution in [0.2, 0.25) is 0 Å². The van der Waals surface area contributed by atoms with Gasteiger partial charge in [0.25, 0.3) is 0 Å². The Morgan fingerprint density at radius 1 is 1.21 bits per heavy atom. The maximum Gasteiger partial charge on any atom is 0.122 e. The molecule has 3 heteroatoms. The fourth-order valence-corrected chi connectivity index (χ4v) is 2.22. The van der Waals surface area contributed by atoms with Crippen LogP contribution in [0.4, 0.5) is 5.69 Å². The van der Waals surface area contributed by atoms with E-state index >= 15 is 0 Å². The van der Waals surface area contributed by atoms with Crippen molar-refractivity contribution in [2.24, 2.45) is 11.8 Å².